The fraction of sp³-hybridized carbons (Fsp3) is 0.0769. The van der Waals surface area contributed by atoms with Gasteiger partial charge in [0.2, 0.25) is 0 Å². The molecule has 69 valence electrons. The van der Waals surface area contributed by atoms with Crippen LogP contribution in [0, 0.1) is 17.2 Å². The molecule has 0 saturated heterocycles. The zero-order chi connectivity index (χ0) is 10.6. The Hall–Kier alpha value is -1.81. The van der Waals surface area contributed by atoms with E-state index >= 15 is 0 Å². The van der Waals surface area contributed by atoms with E-state index in [1.807, 2.05) is 25.1 Å². The van der Waals surface area contributed by atoms with Gasteiger partial charge in [-0.25, -0.2) is 0 Å². The van der Waals surface area contributed by atoms with Crippen LogP contribution in [0.1, 0.15) is 23.6 Å². The molecule has 1 radical (unpaired) electrons. The Balaban J connectivity index is 3.37. The highest BCUT2D eigenvalue weighted by Gasteiger charge is 2.09. The van der Waals surface area contributed by atoms with Crippen molar-refractivity contribution in [3.05, 3.63) is 60.0 Å². The first kappa shape index (κ1) is 10.3. The molecule has 0 aromatic heterocycles. The summed E-state index contributed by atoms with van der Waals surface area (Å²) in [6, 6.07) is 7.91. The zero-order valence-corrected chi connectivity index (χ0v) is 8.25. The molecule has 0 spiro atoms. The summed E-state index contributed by atoms with van der Waals surface area (Å²) in [5.74, 6) is 1.00. The van der Waals surface area contributed by atoms with E-state index in [0.29, 0.717) is 5.56 Å². The maximum atomic E-state index is 9.03. The van der Waals surface area contributed by atoms with Crippen LogP contribution in [-0.2, 0) is 0 Å². The molecule has 1 aromatic carbocycles. The maximum Gasteiger partial charge on any atom is 0.100 e. The predicted molar refractivity (Wildman–Crippen MR) is 59.5 cm³/mol. The van der Waals surface area contributed by atoms with Gasteiger partial charge in [-0.3, -0.25) is 0 Å². The Bertz CT molecular complexity index is 396. The number of hydrogen-bond acceptors (Lipinski definition) is 1. The third-order valence-corrected chi connectivity index (χ3v) is 2.16. The zero-order valence-electron chi connectivity index (χ0n) is 8.25. The Morgan fingerprint density at radius 3 is 2.64 bits per heavy atom. The highest BCUT2D eigenvalue weighted by atomic mass is 14.3. The van der Waals surface area contributed by atoms with E-state index < -0.39 is 0 Å². The first-order valence-corrected chi connectivity index (χ1v) is 4.36. The summed E-state index contributed by atoms with van der Waals surface area (Å²) >= 11 is 0. The van der Waals surface area contributed by atoms with Crippen LogP contribution in [0.15, 0.2) is 37.4 Å². The van der Waals surface area contributed by atoms with Gasteiger partial charge in [0.25, 0.3) is 0 Å². The molecule has 0 unspecified atom stereocenters. The van der Waals surface area contributed by atoms with Crippen molar-refractivity contribution < 1.29 is 0 Å². The van der Waals surface area contributed by atoms with Crippen LogP contribution in [0.25, 0.3) is 6.08 Å². The smallest absolute Gasteiger partial charge is 0.100 e. The molecule has 1 rings (SSSR count). The molecule has 1 heteroatoms. The molecule has 1 aromatic rings. The van der Waals surface area contributed by atoms with Crippen molar-refractivity contribution in [1.82, 2.24) is 0 Å². The van der Waals surface area contributed by atoms with E-state index in [1.165, 1.54) is 0 Å². The standard InChI is InChI=1S/C13H12N/c1-4-10(3)12-8-6-7-11(5-2)13(12)9-14/h4-8H,1-2H2,3H3. The summed E-state index contributed by atoms with van der Waals surface area (Å²) in [6.45, 7) is 9.32. The predicted octanol–water partition coefficient (Wildman–Crippen LogP) is 3.33. The minimum atomic E-state index is 0.667. The molecule has 0 fully saturated rings. The van der Waals surface area contributed by atoms with Crippen molar-refractivity contribution in [2.45, 2.75) is 6.92 Å². The number of rotatable bonds is 3. The Kier molecular flexibility index (Phi) is 3.25. The summed E-state index contributed by atoms with van der Waals surface area (Å²) in [5.41, 5.74) is 2.46. The minimum absolute atomic E-state index is 0.667. The second-order valence-corrected chi connectivity index (χ2v) is 2.97. The van der Waals surface area contributed by atoms with Crippen molar-refractivity contribution in [3.8, 4) is 6.07 Å². The average molecular weight is 182 g/mol. The van der Waals surface area contributed by atoms with Gasteiger partial charge in [-0.15, -0.1) is 6.58 Å². The second kappa shape index (κ2) is 4.43. The fourth-order valence-corrected chi connectivity index (χ4v) is 1.30. The van der Waals surface area contributed by atoms with Gasteiger partial charge in [0.1, 0.15) is 6.07 Å². The molecule has 0 bridgehead atoms. The lowest BCUT2D eigenvalue weighted by Crippen LogP contribution is -1.96. The van der Waals surface area contributed by atoms with Crippen molar-refractivity contribution in [3.63, 3.8) is 0 Å². The van der Waals surface area contributed by atoms with Crippen molar-refractivity contribution in [2.75, 3.05) is 0 Å². The molecular formula is C13H12N. The largest absolute Gasteiger partial charge is 0.192 e. The fourth-order valence-electron chi connectivity index (χ4n) is 1.30. The van der Waals surface area contributed by atoms with Crippen LogP contribution in [0.4, 0.5) is 0 Å². The molecular weight excluding hydrogens is 170 g/mol. The first-order chi connectivity index (χ1) is 6.74. The van der Waals surface area contributed by atoms with E-state index in [0.717, 1.165) is 17.0 Å². The van der Waals surface area contributed by atoms with Gasteiger partial charge in [-0.2, -0.15) is 5.26 Å². The number of nitriles is 1. The molecule has 0 amide bonds. The molecule has 0 atom stereocenters. The summed E-state index contributed by atoms with van der Waals surface area (Å²) < 4.78 is 0. The quantitative estimate of drug-likeness (QED) is 0.703. The molecule has 0 N–H and O–H groups in total. The van der Waals surface area contributed by atoms with Gasteiger partial charge >= 0.3 is 0 Å². The molecule has 0 aliphatic carbocycles. The van der Waals surface area contributed by atoms with Crippen LogP contribution in [0.5, 0.6) is 0 Å². The third-order valence-electron chi connectivity index (χ3n) is 2.16. The van der Waals surface area contributed by atoms with Gasteiger partial charge in [0, 0.05) is 5.92 Å². The molecule has 0 aliphatic heterocycles. The monoisotopic (exact) mass is 182 g/mol. The third kappa shape index (κ3) is 1.75. The maximum absolute atomic E-state index is 9.03. The van der Waals surface area contributed by atoms with Crippen LogP contribution in [0.2, 0.25) is 0 Å². The highest BCUT2D eigenvalue weighted by Crippen LogP contribution is 2.22. The number of allylic oxidation sites excluding steroid dienone is 1. The van der Waals surface area contributed by atoms with Gasteiger partial charge in [-0.1, -0.05) is 43.9 Å². The molecule has 1 nitrogen and oxygen atoms in total. The van der Waals surface area contributed by atoms with Crippen LogP contribution in [0.3, 0.4) is 0 Å². The van der Waals surface area contributed by atoms with Gasteiger partial charge in [0.15, 0.2) is 0 Å². The Morgan fingerprint density at radius 2 is 2.14 bits per heavy atom. The van der Waals surface area contributed by atoms with E-state index in [2.05, 4.69) is 19.2 Å². The molecule has 0 aliphatic rings. The van der Waals surface area contributed by atoms with Gasteiger partial charge in [-0.05, 0) is 11.1 Å². The SMILES string of the molecule is C=C[C](C)c1cccc(C=C)c1C#N. The highest BCUT2D eigenvalue weighted by molar-refractivity contribution is 5.62. The first-order valence-electron chi connectivity index (χ1n) is 4.36. The lowest BCUT2D eigenvalue weighted by Gasteiger charge is -2.09. The number of nitrogens with zero attached hydrogens (tertiary/aromatic N) is 1. The van der Waals surface area contributed by atoms with Crippen molar-refractivity contribution in [1.29, 1.82) is 5.26 Å². The average Bonchev–Trinajstić information content (AvgIpc) is 2.26. The summed E-state index contributed by atoms with van der Waals surface area (Å²) in [4.78, 5) is 0. The van der Waals surface area contributed by atoms with Crippen LogP contribution in [-0.4, -0.2) is 0 Å². The van der Waals surface area contributed by atoms with Crippen molar-refractivity contribution in [2.24, 2.45) is 0 Å². The molecule has 0 saturated carbocycles. The van der Waals surface area contributed by atoms with Gasteiger partial charge in [0.05, 0.1) is 5.56 Å². The van der Waals surface area contributed by atoms with E-state index in [1.54, 1.807) is 12.2 Å². The topological polar surface area (TPSA) is 23.8 Å². The van der Waals surface area contributed by atoms with Crippen molar-refractivity contribution >= 4 is 6.08 Å². The lowest BCUT2D eigenvalue weighted by atomic mass is 9.93. The van der Waals surface area contributed by atoms with E-state index in [-0.39, 0.29) is 0 Å². The minimum Gasteiger partial charge on any atom is -0.192 e. The summed E-state index contributed by atoms with van der Waals surface area (Å²) in [6.07, 6.45) is 3.45. The van der Waals surface area contributed by atoms with Gasteiger partial charge < -0.3 is 0 Å². The normalized spacial score (nSPS) is 9.50. The lowest BCUT2D eigenvalue weighted by molar-refractivity contribution is 1.23. The summed E-state index contributed by atoms with van der Waals surface area (Å²) in [5, 5.41) is 9.03. The number of benzene rings is 1. The second-order valence-electron chi connectivity index (χ2n) is 2.97. The summed E-state index contributed by atoms with van der Waals surface area (Å²) in [7, 11) is 0. The Labute approximate surface area is 85.0 Å². The molecule has 0 heterocycles. The van der Waals surface area contributed by atoms with Crippen LogP contribution >= 0.6 is 0 Å². The number of hydrogen-bond donors (Lipinski definition) is 0. The van der Waals surface area contributed by atoms with E-state index in [4.69, 9.17) is 5.26 Å². The van der Waals surface area contributed by atoms with E-state index in [9.17, 15) is 0 Å². The molecule has 14 heavy (non-hydrogen) atoms. The Morgan fingerprint density at radius 1 is 1.43 bits per heavy atom. The van der Waals surface area contributed by atoms with Crippen LogP contribution < -0.4 is 0 Å².